The van der Waals surface area contributed by atoms with Crippen LogP contribution in [-0.4, -0.2) is 16.0 Å². The number of carbonyl (C=O) groups is 1. The van der Waals surface area contributed by atoms with E-state index in [1.54, 1.807) is 0 Å². The Morgan fingerprint density at radius 3 is 2.29 bits per heavy atom. The number of amides is 1. The van der Waals surface area contributed by atoms with Gasteiger partial charge in [-0.1, -0.05) is 33.0 Å². The van der Waals surface area contributed by atoms with Gasteiger partial charge in [-0.15, -0.1) is 0 Å². The molecule has 1 atom stereocenters. The molecule has 0 aromatic rings. The fraction of sp³-hybridized carbons (Fsp3) is 0.667. The highest BCUT2D eigenvalue weighted by Crippen LogP contribution is 2.34. The first kappa shape index (κ1) is 11.5. The fourth-order valence-corrected chi connectivity index (χ4v) is 2.65. The van der Waals surface area contributed by atoms with Gasteiger partial charge in [0.2, 0.25) is 5.91 Å². The van der Waals surface area contributed by atoms with Crippen LogP contribution in [0.1, 0.15) is 27.2 Å². The monoisotopic (exact) mass is 230 g/mol. The van der Waals surface area contributed by atoms with Crippen molar-refractivity contribution in [3.8, 4) is 0 Å². The molecule has 1 aliphatic rings. The van der Waals surface area contributed by atoms with Crippen LogP contribution in [-0.2, 0) is 4.79 Å². The van der Waals surface area contributed by atoms with E-state index in [9.17, 15) is 4.79 Å². The molecule has 78 valence electrons. The summed E-state index contributed by atoms with van der Waals surface area (Å²) in [7, 11) is 0. The summed E-state index contributed by atoms with van der Waals surface area (Å²) in [6, 6.07) is 0. The third-order valence-electron chi connectivity index (χ3n) is 2.81. The summed E-state index contributed by atoms with van der Waals surface area (Å²) in [5, 5.41) is 5.80. The second-order valence-corrected chi connectivity index (χ2v) is 4.53. The first-order valence-electron chi connectivity index (χ1n) is 4.62. The van der Waals surface area contributed by atoms with Crippen molar-refractivity contribution >= 4 is 40.4 Å². The molecule has 3 nitrogen and oxygen atoms in total. The average molecular weight is 230 g/mol. The number of hydrogen-bond donors (Lipinski definition) is 2. The molecule has 0 spiro atoms. The first-order valence-corrected chi connectivity index (χ1v) is 5.43. The molecular weight excluding hydrogens is 216 g/mol. The van der Waals surface area contributed by atoms with Crippen LogP contribution in [0.15, 0.2) is 0 Å². The maximum Gasteiger partial charge on any atom is 0.239 e. The van der Waals surface area contributed by atoms with Crippen LogP contribution < -0.4 is 10.6 Å². The van der Waals surface area contributed by atoms with E-state index in [0.29, 0.717) is 16.5 Å². The first-order chi connectivity index (χ1) is 6.45. The van der Waals surface area contributed by atoms with Gasteiger partial charge in [-0.3, -0.25) is 4.79 Å². The summed E-state index contributed by atoms with van der Waals surface area (Å²) < 4.78 is 0. The zero-order chi connectivity index (χ0) is 10.9. The largest absolute Gasteiger partial charge is 0.326 e. The van der Waals surface area contributed by atoms with Crippen LogP contribution in [0.2, 0.25) is 0 Å². The molecule has 0 bridgehead atoms. The lowest BCUT2D eigenvalue weighted by Gasteiger charge is -2.39. The van der Waals surface area contributed by atoms with Crippen molar-refractivity contribution in [2.75, 3.05) is 0 Å². The van der Waals surface area contributed by atoms with Gasteiger partial charge in [-0.2, -0.15) is 0 Å². The highest BCUT2D eigenvalue weighted by Gasteiger charge is 2.47. The molecule has 14 heavy (non-hydrogen) atoms. The Morgan fingerprint density at radius 2 is 1.93 bits per heavy atom. The molecule has 0 aromatic carbocycles. The van der Waals surface area contributed by atoms with E-state index in [1.807, 2.05) is 20.8 Å². The van der Waals surface area contributed by atoms with Crippen molar-refractivity contribution in [2.45, 2.75) is 27.2 Å². The molecule has 1 fully saturated rings. The molecule has 2 N–H and O–H groups in total. The third-order valence-corrected chi connectivity index (χ3v) is 3.48. The predicted octanol–water partition coefficient (Wildman–Crippen LogP) is 1.37. The number of hydrogen-bond acceptors (Lipinski definition) is 3. The topological polar surface area (TPSA) is 41.1 Å². The minimum Gasteiger partial charge on any atom is -0.326 e. The minimum absolute atomic E-state index is 0.0799. The van der Waals surface area contributed by atoms with Crippen molar-refractivity contribution in [2.24, 2.45) is 11.3 Å². The second kappa shape index (κ2) is 3.90. The maximum atomic E-state index is 11.9. The Bertz CT molecular complexity index is 279. The third kappa shape index (κ3) is 1.54. The van der Waals surface area contributed by atoms with Gasteiger partial charge in [0, 0.05) is 0 Å². The van der Waals surface area contributed by atoms with Crippen LogP contribution in [0.25, 0.3) is 0 Å². The normalized spacial score (nSPS) is 27.6. The summed E-state index contributed by atoms with van der Waals surface area (Å²) >= 11 is 10.1. The van der Waals surface area contributed by atoms with Gasteiger partial charge in [0.25, 0.3) is 0 Å². The van der Waals surface area contributed by atoms with Crippen molar-refractivity contribution in [3.05, 3.63) is 0 Å². The summed E-state index contributed by atoms with van der Waals surface area (Å²) in [4.78, 5) is 12.4. The van der Waals surface area contributed by atoms with Crippen molar-refractivity contribution in [1.29, 1.82) is 0 Å². The summed E-state index contributed by atoms with van der Waals surface area (Å²) in [5.41, 5.74) is -0.600. The molecule has 0 saturated carbocycles. The number of thiocarbonyl (C=S) groups is 2. The van der Waals surface area contributed by atoms with Gasteiger partial charge < -0.3 is 10.6 Å². The molecule has 5 heteroatoms. The van der Waals surface area contributed by atoms with E-state index in [-0.39, 0.29) is 11.8 Å². The lowest BCUT2D eigenvalue weighted by molar-refractivity contribution is -0.128. The second-order valence-electron chi connectivity index (χ2n) is 3.72. The lowest BCUT2D eigenvalue weighted by Crippen LogP contribution is -2.63. The van der Waals surface area contributed by atoms with Gasteiger partial charge in [0.1, 0.15) is 5.41 Å². The summed E-state index contributed by atoms with van der Waals surface area (Å²) in [6.07, 6.45) is 0.685. The van der Waals surface area contributed by atoms with Crippen LogP contribution in [0.5, 0.6) is 0 Å². The molecule has 0 aliphatic carbocycles. The van der Waals surface area contributed by atoms with Crippen molar-refractivity contribution < 1.29 is 4.79 Å². The van der Waals surface area contributed by atoms with E-state index < -0.39 is 5.41 Å². The Hall–Kier alpha value is -0.550. The van der Waals surface area contributed by atoms with E-state index in [1.165, 1.54) is 0 Å². The van der Waals surface area contributed by atoms with E-state index in [0.717, 1.165) is 0 Å². The van der Waals surface area contributed by atoms with Gasteiger partial charge in [0.15, 0.2) is 5.11 Å². The van der Waals surface area contributed by atoms with Crippen LogP contribution >= 0.6 is 24.4 Å². The molecule has 0 aromatic heterocycles. The number of carbonyl (C=O) groups excluding carboxylic acids is 1. The van der Waals surface area contributed by atoms with E-state index in [2.05, 4.69) is 10.6 Å². The number of nitrogens with one attached hydrogen (secondary N) is 2. The van der Waals surface area contributed by atoms with Gasteiger partial charge in [0.05, 0.1) is 4.99 Å². The zero-order valence-electron chi connectivity index (χ0n) is 8.51. The molecule has 1 unspecified atom stereocenters. The molecular formula is C9H14N2OS2. The Balaban J connectivity index is 3.11. The Morgan fingerprint density at radius 1 is 1.36 bits per heavy atom. The predicted molar refractivity (Wildman–Crippen MR) is 64.0 cm³/mol. The van der Waals surface area contributed by atoms with Gasteiger partial charge in [-0.05, 0) is 24.6 Å². The molecule has 1 amide bonds. The van der Waals surface area contributed by atoms with Crippen LogP contribution in [0.3, 0.4) is 0 Å². The average Bonchev–Trinajstić information content (AvgIpc) is 2.03. The summed E-state index contributed by atoms with van der Waals surface area (Å²) in [5.74, 6) is 0.0827. The minimum atomic E-state index is -0.600. The molecule has 0 radical (unpaired) electrons. The Kier molecular flexibility index (Phi) is 3.21. The molecule has 1 aliphatic heterocycles. The van der Waals surface area contributed by atoms with Crippen molar-refractivity contribution in [1.82, 2.24) is 10.6 Å². The van der Waals surface area contributed by atoms with Crippen LogP contribution in [0.4, 0.5) is 0 Å². The molecule has 1 saturated heterocycles. The van der Waals surface area contributed by atoms with Gasteiger partial charge >= 0.3 is 0 Å². The van der Waals surface area contributed by atoms with Gasteiger partial charge in [-0.25, -0.2) is 0 Å². The molecule has 1 heterocycles. The quantitative estimate of drug-likeness (QED) is 0.703. The smallest absolute Gasteiger partial charge is 0.239 e. The molecule has 1 rings (SSSR count). The maximum absolute atomic E-state index is 11.9. The van der Waals surface area contributed by atoms with E-state index >= 15 is 0 Å². The standard InChI is InChI=1S/C9H14N2OS2/c1-4-9(5(2)3)6(12)10-8(14)11-7(9)13/h5H,4H2,1-3H3,(H2,10,11,12,13,14). The van der Waals surface area contributed by atoms with E-state index in [4.69, 9.17) is 24.4 Å². The van der Waals surface area contributed by atoms with Crippen LogP contribution in [0, 0.1) is 11.3 Å². The SMILES string of the molecule is CCC1(C(C)C)C(=O)NC(=S)NC1=S. The summed E-state index contributed by atoms with van der Waals surface area (Å²) in [6.45, 7) is 5.94. The highest BCUT2D eigenvalue weighted by molar-refractivity contribution is 7.82. The fourth-order valence-electron chi connectivity index (χ4n) is 1.82. The zero-order valence-corrected chi connectivity index (χ0v) is 10.1. The Labute approximate surface area is 94.6 Å². The lowest BCUT2D eigenvalue weighted by atomic mass is 9.73. The van der Waals surface area contributed by atoms with Crippen molar-refractivity contribution in [3.63, 3.8) is 0 Å². The number of rotatable bonds is 2. The highest BCUT2D eigenvalue weighted by atomic mass is 32.1.